The zero-order chi connectivity index (χ0) is 20.7. The summed E-state index contributed by atoms with van der Waals surface area (Å²) in [5.74, 6) is 0.448. The van der Waals surface area contributed by atoms with Crippen LogP contribution in [0.4, 0.5) is 5.69 Å². The predicted octanol–water partition coefficient (Wildman–Crippen LogP) is 4.11. The van der Waals surface area contributed by atoms with Gasteiger partial charge < -0.3 is 14.4 Å². The van der Waals surface area contributed by atoms with Gasteiger partial charge in [0.05, 0.1) is 37.1 Å². The van der Waals surface area contributed by atoms with Crippen LogP contribution in [0.5, 0.6) is 0 Å². The molecule has 0 radical (unpaired) electrons. The average Bonchev–Trinajstić information content (AvgIpc) is 3.13. The van der Waals surface area contributed by atoms with Gasteiger partial charge in [-0.15, -0.1) is 0 Å². The van der Waals surface area contributed by atoms with Crippen molar-refractivity contribution in [2.45, 2.75) is 6.92 Å². The number of anilines is 1. The van der Waals surface area contributed by atoms with Crippen molar-refractivity contribution in [1.29, 1.82) is 0 Å². The van der Waals surface area contributed by atoms with Gasteiger partial charge in [-0.25, -0.2) is 9.78 Å². The Bertz CT molecular complexity index is 1250. The molecule has 4 aromatic rings. The first-order valence-electron chi connectivity index (χ1n) is 10.1. The van der Waals surface area contributed by atoms with E-state index in [1.54, 1.807) is 0 Å². The molecule has 0 atom stereocenters. The summed E-state index contributed by atoms with van der Waals surface area (Å²) in [6.45, 7) is 4.89. The normalized spacial score (nSPS) is 14.4. The second-order valence-electron chi connectivity index (χ2n) is 7.44. The summed E-state index contributed by atoms with van der Waals surface area (Å²) in [5.41, 5.74) is 4.06. The lowest BCUT2D eigenvalue weighted by molar-refractivity contribution is 0.0603. The second kappa shape index (κ2) is 7.46. The Morgan fingerprint density at radius 3 is 2.63 bits per heavy atom. The lowest BCUT2D eigenvalue weighted by Gasteiger charge is -2.29. The molecule has 0 aliphatic carbocycles. The van der Waals surface area contributed by atoms with Gasteiger partial charge in [-0.05, 0) is 30.5 Å². The lowest BCUT2D eigenvalue weighted by Crippen LogP contribution is -2.36. The van der Waals surface area contributed by atoms with Gasteiger partial charge in [0.25, 0.3) is 0 Å². The standard InChI is InChI=1S/C24H23N3O3/c1-16-25-23-20(24(28)29-2)14-18(26-10-12-30-13-11-26)15-22(23)27(16)21-9-5-7-17-6-3-4-8-19(17)21/h3-9,14-15H,10-13H2,1-2H3. The Balaban J connectivity index is 1.80. The number of hydrogen-bond donors (Lipinski definition) is 0. The predicted molar refractivity (Wildman–Crippen MR) is 118 cm³/mol. The van der Waals surface area contributed by atoms with Gasteiger partial charge in [-0.1, -0.05) is 36.4 Å². The maximum Gasteiger partial charge on any atom is 0.340 e. The minimum Gasteiger partial charge on any atom is -0.465 e. The van der Waals surface area contributed by atoms with Gasteiger partial charge in [-0.2, -0.15) is 0 Å². The fourth-order valence-corrected chi connectivity index (χ4v) is 4.26. The maximum atomic E-state index is 12.6. The van der Waals surface area contributed by atoms with Gasteiger partial charge in [-0.3, -0.25) is 4.57 Å². The smallest absolute Gasteiger partial charge is 0.340 e. The zero-order valence-corrected chi connectivity index (χ0v) is 17.1. The number of rotatable bonds is 3. The molecular weight excluding hydrogens is 378 g/mol. The fourth-order valence-electron chi connectivity index (χ4n) is 4.26. The molecule has 1 aliphatic heterocycles. The Kier molecular flexibility index (Phi) is 4.64. The molecule has 1 fully saturated rings. The largest absolute Gasteiger partial charge is 0.465 e. The van der Waals surface area contributed by atoms with Crippen LogP contribution in [0.2, 0.25) is 0 Å². The summed E-state index contributed by atoms with van der Waals surface area (Å²) < 4.78 is 12.7. The number of morpholine rings is 1. The van der Waals surface area contributed by atoms with Crippen molar-refractivity contribution in [3.63, 3.8) is 0 Å². The molecule has 0 N–H and O–H groups in total. The van der Waals surface area contributed by atoms with Crippen molar-refractivity contribution in [2.75, 3.05) is 38.3 Å². The van der Waals surface area contributed by atoms with Crippen LogP contribution < -0.4 is 4.90 Å². The van der Waals surface area contributed by atoms with Crippen molar-refractivity contribution < 1.29 is 14.3 Å². The molecule has 6 heteroatoms. The molecule has 0 bridgehead atoms. The summed E-state index contributed by atoms with van der Waals surface area (Å²) in [7, 11) is 1.41. The Morgan fingerprint density at radius 1 is 1.07 bits per heavy atom. The van der Waals surface area contributed by atoms with E-state index >= 15 is 0 Å². The van der Waals surface area contributed by atoms with Gasteiger partial charge in [0.2, 0.25) is 0 Å². The van der Waals surface area contributed by atoms with Gasteiger partial charge in [0.1, 0.15) is 11.3 Å². The van der Waals surface area contributed by atoms with E-state index in [1.807, 2.05) is 25.1 Å². The van der Waals surface area contributed by atoms with Crippen LogP contribution in [-0.2, 0) is 9.47 Å². The van der Waals surface area contributed by atoms with Crippen molar-refractivity contribution in [3.8, 4) is 5.69 Å². The van der Waals surface area contributed by atoms with Crippen LogP contribution in [0.1, 0.15) is 16.2 Å². The Labute approximate surface area is 174 Å². The molecule has 6 nitrogen and oxygen atoms in total. The number of esters is 1. The number of aryl methyl sites for hydroxylation is 1. The summed E-state index contributed by atoms with van der Waals surface area (Å²) >= 11 is 0. The molecule has 30 heavy (non-hydrogen) atoms. The molecule has 0 amide bonds. The highest BCUT2D eigenvalue weighted by atomic mass is 16.5. The summed E-state index contributed by atoms with van der Waals surface area (Å²) in [6, 6.07) is 18.6. The summed E-state index contributed by atoms with van der Waals surface area (Å²) in [5, 5.41) is 2.30. The number of carbonyl (C=O) groups is 1. The van der Waals surface area contributed by atoms with Crippen LogP contribution >= 0.6 is 0 Å². The SMILES string of the molecule is COC(=O)c1cc(N2CCOCC2)cc2c1nc(C)n2-c1cccc2ccccc12. The van der Waals surface area contributed by atoms with Crippen molar-refractivity contribution in [2.24, 2.45) is 0 Å². The molecule has 1 aromatic heterocycles. The highest BCUT2D eigenvalue weighted by Gasteiger charge is 2.22. The fraction of sp³-hybridized carbons (Fsp3) is 0.250. The van der Waals surface area contributed by atoms with Crippen molar-refractivity contribution in [1.82, 2.24) is 9.55 Å². The van der Waals surface area contributed by atoms with E-state index in [2.05, 4.69) is 45.9 Å². The van der Waals surface area contributed by atoms with Crippen molar-refractivity contribution in [3.05, 3.63) is 66.0 Å². The van der Waals surface area contributed by atoms with Crippen molar-refractivity contribution >= 4 is 33.5 Å². The third-order valence-electron chi connectivity index (χ3n) is 5.70. The van der Waals surface area contributed by atoms with Gasteiger partial charge in [0, 0.05) is 24.2 Å². The van der Waals surface area contributed by atoms with Crippen LogP contribution in [0.25, 0.3) is 27.5 Å². The van der Waals surface area contributed by atoms with E-state index in [9.17, 15) is 4.79 Å². The van der Waals surface area contributed by atoms with E-state index in [0.717, 1.165) is 46.6 Å². The van der Waals surface area contributed by atoms with Gasteiger partial charge >= 0.3 is 5.97 Å². The summed E-state index contributed by atoms with van der Waals surface area (Å²) in [6.07, 6.45) is 0. The zero-order valence-electron chi connectivity index (χ0n) is 17.1. The third kappa shape index (κ3) is 3.00. The Hall–Kier alpha value is -3.38. The Morgan fingerprint density at radius 2 is 1.83 bits per heavy atom. The van der Waals surface area contributed by atoms with E-state index in [-0.39, 0.29) is 5.97 Å². The number of methoxy groups -OCH3 is 1. The molecule has 0 unspecified atom stereocenters. The number of carbonyl (C=O) groups excluding carboxylic acids is 1. The molecule has 0 saturated carbocycles. The first-order chi connectivity index (χ1) is 14.7. The number of hydrogen-bond acceptors (Lipinski definition) is 5. The van der Waals surface area contributed by atoms with Crippen LogP contribution in [-0.4, -0.2) is 48.9 Å². The topological polar surface area (TPSA) is 56.6 Å². The van der Waals surface area contributed by atoms with E-state index < -0.39 is 0 Å². The molecule has 1 aliphatic rings. The average molecular weight is 401 g/mol. The minimum absolute atomic E-state index is 0.377. The lowest BCUT2D eigenvalue weighted by atomic mass is 10.1. The number of benzene rings is 3. The highest BCUT2D eigenvalue weighted by molar-refractivity contribution is 6.05. The van der Waals surface area contributed by atoms with Gasteiger partial charge in [0.15, 0.2) is 0 Å². The second-order valence-corrected chi connectivity index (χ2v) is 7.44. The molecule has 1 saturated heterocycles. The molecule has 3 aromatic carbocycles. The first kappa shape index (κ1) is 18.6. The monoisotopic (exact) mass is 401 g/mol. The van der Waals surface area contributed by atoms with Crippen LogP contribution in [0.3, 0.4) is 0 Å². The maximum absolute atomic E-state index is 12.6. The number of fused-ring (bicyclic) bond motifs is 2. The van der Waals surface area contributed by atoms with Crippen LogP contribution in [0, 0.1) is 6.92 Å². The molecular formula is C24H23N3O3. The van der Waals surface area contributed by atoms with E-state index in [1.165, 1.54) is 7.11 Å². The quantitative estimate of drug-likeness (QED) is 0.484. The molecule has 5 rings (SSSR count). The van der Waals surface area contributed by atoms with E-state index in [0.29, 0.717) is 24.3 Å². The molecule has 0 spiro atoms. The highest BCUT2D eigenvalue weighted by Crippen LogP contribution is 2.32. The minimum atomic E-state index is -0.377. The number of imidazole rings is 1. The third-order valence-corrected chi connectivity index (χ3v) is 5.70. The first-order valence-corrected chi connectivity index (χ1v) is 10.1. The van der Waals surface area contributed by atoms with E-state index in [4.69, 9.17) is 14.5 Å². The molecule has 152 valence electrons. The number of aromatic nitrogens is 2. The number of nitrogens with zero attached hydrogens (tertiary/aromatic N) is 3. The number of ether oxygens (including phenoxy) is 2. The van der Waals surface area contributed by atoms with Crippen LogP contribution in [0.15, 0.2) is 54.6 Å². The molecule has 2 heterocycles. The summed E-state index contributed by atoms with van der Waals surface area (Å²) in [4.78, 5) is 19.6.